The number of benzene rings is 1. The molecule has 0 aromatic heterocycles. The van der Waals surface area contributed by atoms with Gasteiger partial charge in [0.2, 0.25) is 5.91 Å². The van der Waals surface area contributed by atoms with E-state index in [2.05, 4.69) is 45.1 Å². The summed E-state index contributed by atoms with van der Waals surface area (Å²) in [7, 11) is 0. The van der Waals surface area contributed by atoms with E-state index >= 15 is 0 Å². The van der Waals surface area contributed by atoms with Crippen LogP contribution in [0.1, 0.15) is 24.8 Å². The average molecular weight is 323 g/mol. The molecule has 2 heterocycles. The molecule has 0 radical (unpaired) electrons. The maximum Gasteiger partial charge on any atom is 0.224 e. The Morgan fingerprint density at radius 2 is 1.95 bits per heavy atom. The number of rotatable bonds is 3. The van der Waals surface area contributed by atoms with Gasteiger partial charge in [-0.25, -0.2) is 0 Å². The molecule has 1 aromatic rings. The molecule has 0 N–H and O–H groups in total. The number of carbonyl (C=O) groups excluding carboxylic acids is 1. The lowest BCUT2D eigenvalue weighted by Crippen LogP contribution is -2.27. The van der Waals surface area contributed by atoms with Gasteiger partial charge in [0.1, 0.15) is 0 Å². The van der Waals surface area contributed by atoms with Crippen molar-refractivity contribution in [2.45, 2.75) is 30.6 Å². The topological polar surface area (TPSA) is 23.6 Å². The third-order valence-electron chi connectivity index (χ3n) is 3.97. The van der Waals surface area contributed by atoms with Gasteiger partial charge in [0.15, 0.2) is 0 Å². The van der Waals surface area contributed by atoms with Crippen molar-refractivity contribution in [1.29, 1.82) is 0 Å². The van der Waals surface area contributed by atoms with E-state index in [4.69, 9.17) is 0 Å². The fraction of sp³-hybridized carbons (Fsp3) is 0.533. The molecule has 4 heteroatoms. The molecule has 2 aliphatic rings. The van der Waals surface area contributed by atoms with Crippen LogP contribution in [0.25, 0.3) is 0 Å². The molecule has 0 bridgehead atoms. The summed E-state index contributed by atoms with van der Waals surface area (Å²) >= 11 is 3.54. The molecule has 1 unspecified atom stereocenters. The molecule has 0 saturated carbocycles. The van der Waals surface area contributed by atoms with Gasteiger partial charge >= 0.3 is 0 Å². The first-order valence-corrected chi connectivity index (χ1v) is 7.90. The van der Waals surface area contributed by atoms with Gasteiger partial charge in [0.05, 0.1) is 0 Å². The summed E-state index contributed by atoms with van der Waals surface area (Å²) in [6.45, 7) is 3.86. The molecular formula is C15H19BrN2O. The molecule has 1 aromatic carbocycles. The summed E-state index contributed by atoms with van der Waals surface area (Å²) in [6.07, 6.45) is 3.19. The summed E-state index contributed by atoms with van der Waals surface area (Å²) in [6, 6.07) is 8.51. The highest BCUT2D eigenvalue weighted by atomic mass is 79.9. The van der Waals surface area contributed by atoms with Crippen molar-refractivity contribution in [1.82, 2.24) is 4.90 Å². The van der Waals surface area contributed by atoms with Crippen molar-refractivity contribution < 1.29 is 4.79 Å². The highest BCUT2D eigenvalue weighted by Gasteiger charge is 2.28. The SMILES string of the molecule is O=C1CC(Br)CN1Cc1ccccc1N1CCCC1. The Kier molecular flexibility index (Phi) is 3.78. The van der Waals surface area contributed by atoms with Gasteiger partial charge in [0.25, 0.3) is 0 Å². The zero-order valence-corrected chi connectivity index (χ0v) is 12.6. The van der Waals surface area contributed by atoms with Gasteiger partial charge in [-0.05, 0) is 24.5 Å². The minimum absolute atomic E-state index is 0.262. The number of carbonyl (C=O) groups is 1. The number of halogens is 1. The Morgan fingerprint density at radius 3 is 2.63 bits per heavy atom. The van der Waals surface area contributed by atoms with Crippen molar-refractivity contribution >= 4 is 27.5 Å². The second-order valence-corrected chi connectivity index (χ2v) is 6.69. The van der Waals surface area contributed by atoms with Crippen LogP contribution in [0.5, 0.6) is 0 Å². The van der Waals surface area contributed by atoms with E-state index in [1.165, 1.54) is 24.1 Å². The molecule has 2 saturated heterocycles. The number of alkyl halides is 1. The maximum absolute atomic E-state index is 11.9. The molecule has 0 aliphatic carbocycles. The van der Waals surface area contributed by atoms with Crippen LogP contribution < -0.4 is 4.90 Å². The van der Waals surface area contributed by atoms with Gasteiger partial charge in [-0.15, -0.1) is 0 Å². The molecule has 1 amide bonds. The van der Waals surface area contributed by atoms with Gasteiger partial charge in [0, 0.05) is 43.1 Å². The van der Waals surface area contributed by atoms with Crippen molar-refractivity contribution in [3.63, 3.8) is 0 Å². The van der Waals surface area contributed by atoms with Crippen LogP contribution >= 0.6 is 15.9 Å². The molecule has 0 spiro atoms. The number of para-hydroxylation sites is 1. The summed E-state index contributed by atoms with van der Waals surface area (Å²) < 4.78 is 0. The molecule has 19 heavy (non-hydrogen) atoms. The van der Waals surface area contributed by atoms with Crippen LogP contribution in [0.4, 0.5) is 5.69 Å². The lowest BCUT2D eigenvalue weighted by molar-refractivity contribution is -0.128. The number of likely N-dealkylation sites (tertiary alicyclic amines) is 1. The molecule has 1 atom stereocenters. The van der Waals surface area contributed by atoms with Crippen molar-refractivity contribution in [2.75, 3.05) is 24.5 Å². The van der Waals surface area contributed by atoms with Crippen LogP contribution in [0.3, 0.4) is 0 Å². The van der Waals surface area contributed by atoms with Gasteiger partial charge in [-0.2, -0.15) is 0 Å². The molecule has 2 aliphatic heterocycles. The van der Waals surface area contributed by atoms with Crippen molar-refractivity contribution in [3.8, 4) is 0 Å². The summed E-state index contributed by atoms with van der Waals surface area (Å²) in [4.78, 5) is 16.6. The van der Waals surface area contributed by atoms with Crippen molar-refractivity contribution in [3.05, 3.63) is 29.8 Å². The Labute approximate surface area is 122 Å². The zero-order valence-electron chi connectivity index (χ0n) is 11.0. The fourth-order valence-corrected chi connectivity index (χ4v) is 3.62. The normalized spacial score (nSPS) is 23.4. The Bertz CT molecular complexity index is 471. The monoisotopic (exact) mass is 322 g/mol. The summed E-state index contributed by atoms with van der Waals surface area (Å²) in [5, 5.41) is 0. The first kappa shape index (κ1) is 13.0. The Morgan fingerprint density at radius 1 is 1.21 bits per heavy atom. The standard InChI is InChI=1S/C15H19BrN2O/c16-13-9-15(19)18(11-13)10-12-5-1-2-6-14(12)17-7-3-4-8-17/h1-2,5-6,13H,3-4,7-11H2. The second-order valence-electron chi connectivity index (χ2n) is 5.40. The molecule has 3 rings (SSSR count). The van der Waals surface area contributed by atoms with Crippen molar-refractivity contribution in [2.24, 2.45) is 0 Å². The van der Waals surface area contributed by atoms with Gasteiger partial charge in [-0.1, -0.05) is 34.1 Å². The van der Waals surface area contributed by atoms with Crippen LogP contribution in [0.2, 0.25) is 0 Å². The van der Waals surface area contributed by atoms with Crippen LogP contribution in [-0.2, 0) is 11.3 Å². The van der Waals surface area contributed by atoms with Gasteiger partial charge < -0.3 is 9.80 Å². The van der Waals surface area contributed by atoms with Crippen LogP contribution in [-0.4, -0.2) is 35.3 Å². The molecule has 3 nitrogen and oxygen atoms in total. The quantitative estimate of drug-likeness (QED) is 0.799. The summed E-state index contributed by atoms with van der Waals surface area (Å²) in [5.41, 5.74) is 2.59. The van der Waals surface area contributed by atoms with Gasteiger partial charge in [-0.3, -0.25) is 4.79 Å². The largest absolute Gasteiger partial charge is 0.371 e. The predicted octanol–water partition coefficient (Wildman–Crippen LogP) is 2.78. The maximum atomic E-state index is 11.9. The van der Waals surface area contributed by atoms with Crippen LogP contribution in [0, 0.1) is 0 Å². The minimum atomic E-state index is 0.262. The van der Waals surface area contributed by atoms with E-state index in [-0.39, 0.29) is 5.91 Å². The van der Waals surface area contributed by atoms with E-state index in [9.17, 15) is 4.79 Å². The van der Waals surface area contributed by atoms with E-state index in [0.717, 1.165) is 26.2 Å². The number of hydrogen-bond donors (Lipinski definition) is 0. The van der Waals surface area contributed by atoms with E-state index in [1.54, 1.807) is 0 Å². The smallest absolute Gasteiger partial charge is 0.224 e. The molecular weight excluding hydrogens is 304 g/mol. The lowest BCUT2D eigenvalue weighted by Gasteiger charge is -2.24. The van der Waals surface area contributed by atoms with Crippen LogP contribution in [0.15, 0.2) is 24.3 Å². The predicted molar refractivity (Wildman–Crippen MR) is 80.6 cm³/mol. The number of anilines is 1. The Balaban J connectivity index is 1.78. The summed E-state index contributed by atoms with van der Waals surface area (Å²) in [5.74, 6) is 0.262. The first-order valence-electron chi connectivity index (χ1n) is 6.99. The number of hydrogen-bond acceptors (Lipinski definition) is 2. The third kappa shape index (κ3) is 2.78. The highest BCUT2D eigenvalue weighted by Crippen LogP contribution is 2.27. The van der Waals surface area contributed by atoms with E-state index in [0.29, 0.717) is 11.2 Å². The zero-order chi connectivity index (χ0) is 13.2. The molecule has 2 fully saturated rings. The van der Waals surface area contributed by atoms with E-state index < -0.39 is 0 Å². The number of nitrogens with zero attached hydrogens (tertiary/aromatic N) is 2. The highest BCUT2D eigenvalue weighted by molar-refractivity contribution is 9.09. The minimum Gasteiger partial charge on any atom is -0.371 e. The fourth-order valence-electron chi connectivity index (χ4n) is 2.99. The molecule has 102 valence electrons. The van der Waals surface area contributed by atoms with E-state index in [1.807, 2.05) is 4.90 Å². The second kappa shape index (κ2) is 5.53. The first-order chi connectivity index (χ1) is 9.24. The third-order valence-corrected chi connectivity index (χ3v) is 4.58. The average Bonchev–Trinajstić information content (AvgIpc) is 3.01. The lowest BCUT2D eigenvalue weighted by atomic mass is 10.1. The number of amides is 1. The Hall–Kier alpha value is -1.03.